The summed E-state index contributed by atoms with van der Waals surface area (Å²) in [5.41, 5.74) is 4.47. The van der Waals surface area contributed by atoms with E-state index in [-0.39, 0.29) is 17.4 Å². The largest absolute Gasteiger partial charge is 0.497 e. The Labute approximate surface area is 180 Å². The van der Waals surface area contributed by atoms with Crippen LogP contribution in [0.3, 0.4) is 0 Å². The van der Waals surface area contributed by atoms with E-state index in [2.05, 4.69) is 46.6 Å². The molecule has 1 N–H and O–H groups in total. The number of fused-ring (bicyclic) bond motifs is 2. The first-order valence-corrected chi connectivity index (χ1v) is 11.2. The fraction of sp³-hybridized carbons (Fsp3) is 0.500. The van der Waals surface area contributed by atoms with Gasteiger partial charge in [0.1, 0.15) is 5.75 Å². The normalized spacial score (nSPS) is 20.3. The molecular weight excluding hydrogens is 372 g/mol. The Morgan fingerprint density at radius 2 is 1.83 bits per heavy atom. The van der Waals surface area contributed by atoms with Crippen LogP contribution in [0, 0.1) is 0 Å². The van der Waals surface area contributed by atoms with Crippen molar-refractivity contribution in [2.24, 2.45) is 0 Å². The summed E-state index contributed by atoms with van der Waals surface area (Å²) in [5, 5.41) is 3.08. The molecule has 1 heterocycles. The molecule has 0 unspecified atom stereocenters. The fourth-order valence-corrected chi connectivity index (χ4v) is 5.42. The molecule has 160 valence electrons. The number of benzene rings is 2. The first kappa shape index (κ1) is 20.9. The van der Waals surface area contributed by atoms with E-state index in [4.69, 9.17) is 4.74 Å². The zero-order chi connectivity index (χ0) is 21.1. The molecule has 1 aliphatic carbocycles. The van der Waals surface area contributed by atoms with Gasteiger partial charge in [-0.1, -0.05) is 36.4 Å². The van der Waals surface area contributed by atoms with E-state index in [0.29, 0.717) is 12.3 Å². The maximum atomic E-state index is 12.5. The van der Waals surface area contributed by atoms with Gasteiger partial charge in [0.15, 0.2) is 0 Å². The van der Waals surface area contributed by atoms with E-state index in [0.717, 1.165) is 31.8 Å². The summed E-state index contributed by atoms with van der Waals surface area (Å²) in [7, 11) is 1.71. The number of nitrogens with one attached hydrogen (secondary N) is 1. The van der Waals surface area contributed by atoms with Crippen molar-refractivity contribution in [1.29, 1.82) is 0 Å². The Balaban J connectivity index is 1.43. The molecule has 0 radical (unpaired) electrons. The minimum atomic E-state index is 0.179. The Morgan fingerprint density at radius 3 is 2.50 bits per heavy atom. The SMILES string of the molecule is COc1ccc(CN2CCC3(CC2)C[C@H](CC(=O)NC(C)C)c2ccccc23)cc1. The van der Waals surface area contributed by atoms with Crippen LogP contribution in [0.15, 0.2) is 48.5 Å². The number of nitrogens with zero attached hydrogens (tertiary/aromatic N) is 1. The summed E-state index contributed by atoms with van der Waals surface area (Å²) < 4.78 is 5.27. The van der Waals surface area contributed by atoms with Crippen LogP contribution in [-0.2, 0) is 16.8 Å². The average Bonchev–Trinajstić information content (AvgIpc) is 3.03. The van der Waals surface area contributed by atoms with Crippen molar-refractivity contribution in [2.45, 2.75) is 63.5 Å². The molecule has 2 aromatic carbocycles. The lowest BCUT2D eigenvalue weighted by Crippen LogP contribution is -2.41. The molecule has 4 nitrogen and oxygen atoms in total. The minimum absolute atomic E-state index is 0.179. The quantitative estimate of drug-likeness (QED) is 0.760. The number of ether oxygens (including phenoxy) is 1. The van der Waals surface area contributed by atoms with Crippen LogP contribution in [0.1, 0.15) is 62.1 Å². The highest BCUT2D eigenvalue weighted by Gasteiger charge is 2.45. The maximum absolute atomic E-state index is 12.5. The highest BCUT2D eigenvalue weighted by Crippen LogP contribution is 2.52. The van der Waals surface area contributed by atoms with Gasteiger partial charge in [-0.2, -0.15) is 0 Å². The number of hydrogen-bond donors (Lipinski definition) is 1. The summed E-state index contributed by atoms with van der Waals surface area (Å²) in [5.74, 6) is 1.43. The highest BCUT2D eigenvalue weighted by molar-refractivity contribution is 5.77. The van der Waals surface area contributed by atoms with Gasteiger partial charge in [0.05, 0.1) is 7.11 Å². The molecule has 0 bridgehead atoms. The zero-order valence-corrected chi connectivity index (χ0v) is 18.5. The molecule has 2 aromatic rings. The Hall–Kier alpha value is -2.33. The third-order valence-electron chi connectivity index (χ3n) is 6.87. The van der Waals surface area contributed by atoms with E-state index in [1.165, 1.54) is 29.5 Å². The lowest BCUT2D eigenvalue weighted by molar-refractivity contribution is -0.122. The molecule has 1 aliphatic heterocycles. The number of piperidine rings is 1. The van der Waals surface area contributed by atoms with Crippen molar-refractivity contribution in [1.82, 2.24) is 10.2 Å². The number of hydrogen-bond acceptors (Lipinski definition) is 3. The van der Waals surface area contributed by atoms with Crippen molar-refractivity contribution >= 4 is 5.91 Å². The van der Waals surface area contributed by atoms with Crippen molar-refractivity contribution in [2.75, 3.05) is 20.2 Å². The predicted octanol–water partition coefficient (Wildman–Crippen LogP) is 4.63. The van der Waals surface area contributed by atoms with Crippen LogP contribution in [0.4, 0.5) is 0 Å². The summed E-state index contributed by atoms with van der Waals surface area (Å²) in [6, 6.07) is 17.5. The predicted molar refractivity (Wildman–Crippen MR) is 121 cm³/mol. The first-order chi connectivity index (χ1) is 14.5. The fourth-order valence-electron chi connectivity index (χ4n) is 5.42. The molecular formula is C26H34N2O2. The van der Waals surface area contributed by atoms with Gasteiger partial charge in [0.25, 0.3) is 0 Å². The van der Waals surface area contributed by atoms with Crippen molar-refractivity contribution < 1.29 is 9.53 Å². The molecule has 30 heavy (non-hydrogen) atoms. The zero-order valence-electron chi connectivity index (χ0n) is 18.5. The third-order valence-corrected chi connectivity index (χ3v) is 6.87. The topological polar surface area (TPSA) is 41.6 Å². The van der Waals surface area contributed by atoms with E-state index in [1.54, 1.807) is 7.11 Å². The van der Waals surface area contributed by atoms with Gasteiger partial charge >= 0.3 is 0 Å². The first-order valence-electron chi connectivity index (χ1n) is 11.2. The summed E-state index contributed by atoms with van der Waals surface area (Å²) >= 11 is 0. The summed E-state index contributed by atoms with van der Waals surface area (Å²) in [6.45, 7) is 7.25. The molecule has 4 heteroatoms. The van der Waals surface area contributed by atoms with Crippen molar-refractivity contribution in [3.8, 4) is 5.75 Å². The van der Waals surface area contributed by atoms with Gasteiger partial charge in [-0.05, 0) is 86.4 Å². The van der Waals surface area contributed by atoms with Crippen LogP contribution in [0.5, 0.6) is 5.75 Å². The number of likely N-dealkylation sites (tertiary alicyclic amines) is 1. The molecule has 0 saturated carbocycles. The Bertz CT molecular complexity index is 867. The molecule has 1 fully saturated rings. The van der Waals surface area contributed by atoms with Gasteiger partial charge in [0, 0.05) is 19.0 Å². The second-order valence-electron chi connectivity index (χ2n) is 9.32. The second-order valence-corrected chi connectivity index (χ2v) is 9.32. The van der Waals surface area contributed by atoms with Gasteiger partial charge in [-0.15, -0.1) is 0 Å². The minimum Gasteiger partial charge on any atom is -0.497 e. The monoisotopic (exact) mass is 406 g/mol. The number of methoxy groups -OCH3 is 1. The van der Waals surface area contributed by atoms with Crippen molar-refractivity contribution in [3.05, 3.63) is 65.2 Å². The van der Waals surface area contributed by atoms with Crippen LogP contribution in [0.2, 0.25) is 0 Å². The third kappa shape index (κ3) is 4.39. The van der Waals surface area contributed by atoms with Crippen LogP contribution in [0.25, 0.3) is 0 Å². The van der Waals surface area contributed by atoms with Gasteiger partial charge < -0.3 is 10.1 Å². The molecule has 1 atom stereocenters. The van der Waals surface area contributed by atoms with Crippen LogP contribution < -0.4 is 10.1 Å². The number of carbonyl (C=O) groups is 1. The highest BCUT2D eigenvalue weighted by atomic mass is 16.5. The van der Waals surface area contributed by atoms with Gasteiger partial charge in [-0.25, -0.2) is 0 Å². The lowest BCUT2D eigenvalue weighted by Gasteiger charge is -2.40. The van der Waals surface area contributed by atoms with E-state index in [1.807, 2.05) is 26.0 Å². The number of rotatable bonds is 6. The molecule has 4 rings (SSSR count). The maximum Gasteiger partial charge on any atom is 0.220 e. The van der Waals surface area contributed by atoms with Crippen LogP contribution in [-0.4, -0.2) is 37.0 Å². The van der Waals surface area contributed by atoms with Crippen LogP contribution >= 0.6 is 0 Å². The lowest BCUT2D eigenvalue weighted by atomic mass is 9.73. The molecule has 1 spiro atoms. The van der Waals surface area contributed by atoms with E-state index >= 15 is 0 Å². The Kier molecular flexibility index (Phi) is 6.14. The van der Waals surface area contributed by atoms with E-state index < -0.39 is 0 Å². The summed E-state index contributed by atoms with van der Waals surface area (Å²) in [4.78, 5) is 15.0. The molecule has 0 aromatic heterocycles. The van der Waals surface area contributed by atoms with E-state index in [9.17, 15) is 4.79 Å². The number of carbonyl (C=O) groups excluding carboxylic acids is 1. The molecule has 1 amide bonds. The second kappa shape index (κ2) is 8.81. The van der Waals surface area contributed by atoms with Gasteiger partial charge in [0.2, 0.25) is 5.91 Å². The molecule has 1 saturated heterocycles. The van der Waals surface area contributed by atoms with Crippen molar-refractivity contribution in [3.63, 3.8) is 0 Å². The standard InChI is InChI=1S/C26H34N2O2/c1-19(2)27-25(29)16-21-17-26(24-7-5-4-6-23(21)24)12-14-28(15-13-26)18-20-8-10-22(30-3)11-9-20/h4-11,19,21H,12-18H2,1-3H3,(H,27,29)/t21-/m0/s1. The molecule has 2 aliphatic rings. The summed E-state index contributed by atoms with van der Waals surface area (Å²) in [6.07, 6.45) is 4.05. The average molecular weight is 407 g/mol. The van der Waals surface area contributed by atoms with Gasteiger partial charge in [-0.3, -0.25) is 9.69 Å². The Morgan fingerprint density at radius 1 is 1.13 bits per heavy atom. The number of amides is 1. The smallest absolute Gasteiger partial charge is 0.220 e.